The molecular weight excluding hydrogens is 180 g/mol. The molecule has 0 spiro atoms. The highest BCUT2D eigenvalue weighted by molar-refractivity contribution is 5.76. The Morgan fingerprint density at radius 1 is 1.50 bits per heavy atom. The molecular formula is C10H14N2O2. The van der Waals surface area contributed by atoms with Crippen molar-refractivity contribution in [3.05, 3.63) is 24.3 Å². The Bertz CT molecular complexity index is 326. The molecule has 0 radical (unpaired) electrons. The first-order chi connectivity index (χ1) is 6.61. The van der Waals surface area contributed by atoms with Crippen molar-refractivity contribution in [3.63, 3.8) is 0 Å². The molecule has 76 valence electrons. The van der Waals surface area contributed by atoms with Crippen molar-refractivity contribution < 1.29 is 9.53 Å². The van der Waals surface area contributed by atoms with Crippen molar-refractivity contribution in [2.45, 2.75) is 6.92 Å². The van der Waals surface area contributed by atoms with Gasteiger partial charge in [0.05, 0.1) is 18.2 Å². The van der Waals surface area contributed by atoms with Crippen molar-refractivity contribution in [2.75, 3.05) is 12.3 Å². The summed E-state index contributed by atoms with van der Waals surface area (Å²) in [6.07, 6.45) is 0. The van der Waals surface area contributed by atoms with Crippen LogP contribution in [0.15, 0.2) is 24.3 Å². The van der Waals surface area contributed by atoms with Crippen LogP contribution in [0.3, 0.4) is 0 Å². The molecule has 0 saturated heterocycles. The Kier molecular flexibility index (Phi) is 3.34. The summed E-state index contributed by atoms with van der Waals surface area (Å²) >= 11 is 0. The fourth-order valence-corrected chi connectivity index (χ4v) is 0.909. The normalized spacial score (nSPS) is 12.1. The van der Waals surface area contributed by atoms with Crippen LogP contribution in [0.4, 0.5) is 5.69 Å². The Labute approximate surface area is 82.8 Å². The van der Waals surface area contributed by atoms with Gasteiger partial charge in [-0.05, 0) is 12.1 Å². The van der Waals surface area contributed by atoms with E-state index in [1.165, 1.54) is 0 Å². The Morgan fingerprint density at radius 3 is 2.71 bits per heavy atom. The van der Waals surface area contributed by atoms with Gasteiger partial charge in [-0.2, -0.15) is 0 Å². The molecule has 0 fully saturated rings. The molecule has 4 nitrogen and oxygen atoms in total. The van der Waals surface area contributed by atoms with Gasteiger partial charge in [-0.1, -0.05) is 19.1 Å². The topological polar surface area (TPSA) is 78.3 Å². The highest BCUT2D eigenvalue weighted by Gasteiger charge is 2.09. The largest absolute Gasteiger partial charge is 0.491 e. The Balaban J connectivity index is 2.54. The maximum absolute atomic E-state index is 10.7. The summed E-state index contributed by atoms with van der Waals surface area (Å²) in [5.41, 5.74) is 11.3. The number of hydrogen-bond acceptors (Lipinski definition) is 3. The van der Waals surface area contributed by atoms with E-state index in [1.54, 1.807) is 19.1 Å². The number of anilines is 1. The monoisotopic (exact) mass is 194 g/mol. The molecule has 1 amide bonds. The summed E-state index contributed by atoms with van der Waals surface area (Å²) in [7, 11) is 0. The number of carbonyl (C=O) groups is 1. The van der Waals surface area contributed by atoms with Gasteiger partial charge < -0.3 is 16.2 Å². The van der Waals surface area contributed by atoms with Gasteiger partial charge in [0.15, 0.2) is 0 Å². The summed E-state index contributed by atoms with van der Waals surface area (Å²) in [5, 5.41) is 0. The van der Waals surface area contributed by atoms with Gasteiger partial charge in [-0.25, -0.2) is 0 Å². The minimum absolute atomic E-state index is 0.254. The van der Waals surface area contributed by atoms with Gasteiger partial charge in [0, 0.05) is 0 Å². The third-order valence-corrected chi connectivity index (χ3v) is 1.89. The zero-order chi connectivity index (χ0) is 10.6. The highest BCUT2D eigenvalue weighted by Crippen LogP contribution is 2.20. The minimum Gasteiger partial charge on any atom is -0.491 e. The molecule has 1 unspecified atom stereocenters. The zero-order valence-electron chi connectivity index (χ0n) is 8.07. The van der Waals surface area contributed by atoms with Gasteiger partial charge in [-0.15, -0.1) is 0 Å². The number of amides is 1. The lowest BCUT2D eigenvalue weighted by Gasteiger charge is -2.11. The molecule has 0 aliphatic carbocycles. The van der Waals surface area contributed by atoms with E-state index in [0.717, 1.165) is 0 Å². The van der Waals surface area contributed by atoms with Crippen molar-refractivity contribution in [1.82, 2.24) is 0 Å². The third kappa shape index (κ3) is 2.65. The predicted octanol–water partition coefficient (Wildman–Crippen LogP) is 0.769. The second-order valence-electron chi connectivity index (χ2n) is 3.15. The van der Waals surface area contributed by atoms with Gasteiger partial charge >= 0.3 is 0 Å². The first-order valence-corrected chi connectivity index (χ1v) is 4.38. The van der Waals surface area contributed by atoms with E-state index in [1.807, 2.05) is 12.1 Å². The number of nitrogen functional groups attached to an aromatic ring is 1. The molecule has 4 heteroatoms. The number of ether oxygens (including phenoxy) is 1. The lowest BCUT2D eigenvalue weighted by molar-refractivity contribution is -0.122. The van der Waals surface area contributed by atoms with Crippen molar-refractivity contribution in [2.24, 2.45) is 11.7 Å². The van der Waals surface area contributed by atoms with Crippen LogP contribution in [0.5, 0.6) is 5.75 Å². The van der Waals surface area contributed by atoms with Crippen LogP contribution in [0.25, 0.3) is 0 Å². The molecule has 1 aromatic rings. The molecule has 0 aliphatic heterocycles. The maximum atomic E-state index is 10.7. The van der Waals surface area contributed by atoms with Crippen LogP contribution in [0.1, 0.15) is 6.92 Å². The van der Waals surface area contributed by atoms with E-state index in [0.29, 0.717) is 11.4 Å². The highest BCUT2D eigenvalue weighted by atomic mass is 16.5. The van der Waals surface area contributed by atoms with E-state index in [9.17, 15) is 4.79 Å². The van der Waals surface area contributed by atoms with Gasteiger partial charge in [0.25, 0.3) is 0 Å². The van der Waals surface area contributed by atoms with Crippen molar-refractivity contribution in [1.29, 1.82) is 0 Å². The van der Waals surface area contributed by atoms with Gasteiger partial charge in [-0.3, -0.25) is 4.79 Å². The smallest absolute Gasteiger partial charge is 0.223 e. The number of benzene rings is 1. The maximum Gasteiger partial charge on any atom is 0.223 e. The summed E-state index contributed by atoms with van der Waals surface area (Å²) in [6, 6.07) is 7.13. The number of para-hydroxylation sites is 2. The van der Waals surface area contributed by atoms with Crippen LogP contribution in [-0.4, -0.2) is 12.5 Å². The van der Waals surface area contributed by atoms with Gasteiger partial charge in [0.1, 0.15) is 5.75 Å². The molecule has 0 heterocycles. The molecule has 0 saturated carbocycles. The Hall–Kier alpha value is -1.71. The van der Waals surface area contributed by atoms with Crippen molar-refractivity contribution in [3.8, 4) is 5.75 Å². The van der Waals surface area contributed by atoms with Crippen LogP contribution in [0, 0.1) is 5.92 Å². The van der Waals surface area contributed by atoms with E-state index in [-0.39, 0.29) is 18.4 Å². The quantitative estimate of drug-likeness (QED) is 0.695. The fraction of sp³-hybridized carbons (Fsp3) is 0.300. The first kappa shape index (κ1) is 10.4. The van der Waals surface area contributed by atoms with Crippen molar-refractivity contribution >= 4 is 11.6 Å². The standard InChI is InChI=1S/C10H14N2O2/c1-7(10(12)13)6-14-9-5-3-2-4-8(9)11/h2-5,7H,6,11H2,1H3,(H2,12,13). The summed E-state index contributed by atoms with van der Waals surface area (Å²) in [4.78, 5) is 10.7. The summed E-state index contributed by atoms with van der Waals surface area (Å²) < 4.78 is 5.33. The third-order valence-electron chi connectivity index (χ3n) is 1.89. The molecule has 14 heavy (non-hydrogen) atoms. The molecule has 1 aromatic carbocycles. The second kappa shape index (κ2) is 4.50. The van der Waals surface area contributed by atoms with Gasteiger partial charge in [0.2, 0.25) is 5.91 Å². The fourth-order valence-electron chi connectivity index (χ4n) is 0.909. The lowest BCUT2D eigenvalue weighted by Crippen LogP contribution is -2.25. The molecule has 1 rings (SSSR count). The van der Waals surface area contributed by atoms with E-state index >= 15 is 0 Å². The van der Waals surface area contributed by atoms with E-state index in [2.05, 4.69) is 0 Å². The van der Waals surface area contributed by atoms with E-state index < -0.39 is 0 Å². The van der Waals surface area contributed by atoms with Crippen LogP contribution >= 0.6 is 0 Å². The number of carbonyl (C=O) groups excluding carboxylic acids is 1. The van der Waals surface area contributed by atoms with Crippen LogP contribution < -0.4 is 16.2 Å². The first-order valence-electron chi connectivity index (χ1n) is 4.38. The molecule has 0 aliphatic rings. The number of nitrogens with two attached hydrogens (primary N) is 2. The average Bonchev–Trinajstić information content (AvgIpc) is 2.16. The predicted molar refractivity (Wildman–Crippen MR) is 54.7 cm³/mol. The number of primary amides is 1. The minimum atomic E-state index is -0.375. The van der Waals surface area contributed by atoms with Crippen LogP contribution in [-0.2, 0) is 4.79 Å². The van der Waals surface area contributed by atoms with Crippen LogP contribution in [0.2, 0.25) is 0 Å². The molecule has 0 bridgehead atoms. The Morgan fingerprint density at radius 2 is 2.14 bits per heavy atom. The molecule has 0 aromatic heterocycles. The number of rotatable bonds is 4. The number of hydrogen-bond donors (Lipinski definition) is 2. The van der Waals surface area contributed by atoms with E-state index in [4.69, 9.17) is 16.2 Å². The second-order valence-corrected chi connectivity index (χ2v) is 3.15. The zero-order valence-corrected chi connectivity index (χ0v) is 8.07. The summed E-state index contributed by atoms with van der Waals surface area (Å²) in [5.74, 6) is -0.102. The molecule has 4 N–H and O–H groups in total. The summed E-state index contributed by atoms with van der Waals surface area (Å²) in [6.45, 7) is 1.96. The average molecular weight is 194 g/mol. The molecule has 1 atom stereocenters. The lowest BCUT2D eigenvalue weighted by atomic mass is 10.2. The SMILES string of the molecule is CC(COc1ccccc1N)C(N)=O.